The normalized spacial score (nSPS) is 19.2. The van der Waals surface area contributed by atoms with Crippen LogP contribution in [0.2, 0.25) is 5.02 Å². The number of amides is 1. The van der Waals surface area contributed by atoms with E-state index >= 15 is 0 Å². The SMILES string of the molecule is Cc1cc(N[C@H]2CC[C@@H](NC(=O)c3cc(F)cc(Cl)c3)CC2)nc(N(C)C)n1. The van der Waals surface area contributed by atoms with Gasteiger partial charge in [0.25, 0.3) is 5.91 Å². The maximum atomic E-state index is 13.4. The Balaban J connectivity index is 1.54. The van der Waals surface area contributed by atoms with E-state index in [1.807, 2.05) is 32.0 Å². The summed E-state index contributed by atoms with van der Waals surface area (Å²) in [6, 6.07) is 6.17. The molecule has 1 aliphatic carbocycles. The molecule has 3 rings (SSSR count). The number of carbonyl (C=O) groups is 1. The minimum atomic E-state index is -0.511. The van der Waals surface area contributed by atoms with Crippen molar-refractivity contribution in [1.82, 2.24) is 15.3 Å². The molecular formula is C20H25ClFN5O. The molecule has 1 aromatic carbocycles. The molecule has 1 aromatic heterocycles. The fourth-order valence-corrected chi connectivity index (χ4v) is 3.59. The second kappa shape index (κ2) is 8.73. The van der Waals surface area contributed by atoms with Gasteiger partial charge in [-0.1, -0.05) is 11.6 Å². The molecule has 0 unspecified atom stereocenters. The van der Waals surface area contributed by atoms with Gasteiger partial charge >= 0.3 is 0 Å². The molecule has 0 atom stereocenters. The molecule has 0 spiro atoms. The van der Waals surface area contributed by atoms with Crippen LogP contribution < -0.4 is 15.5 Å². The molecule has 28 heavy (non-hydrogen) atoms. The van der Waals surface area contributed by atoms with E-state index in [1.165, 1.54) is 18.2 Å². The highest BCUT2D eigenvalue weighted by molar-refractivity contribution is 6.31. The van der Waals surface area contributed by atoms with Crippen LogP contribution in [0.4, 0.5) is 16.2 Å². The average molecular weight is 406 g/mol. The molecule has 1 amide bonds. The Kier molecular flexibility index (Phi) is 6.34. The number of halogens is 2. The number of rotatable bonds is 5. The first-order chi connectivity index (χ1) is 13.3. The lowest BCUT2D eigenvalue weighted by molar-refractivity contribution is 0.0926. The van der Waals surface area contributed by atoms with E-state index in [2.05, 4.69) is 20.6 Å². The molecule has 0 saturated heterocycles. The molecular weight excluding hydrogens is 381 g/mol. The first-order valence-electron chi connectivity index (χ1n) is 9.36. The third-order valence-electron chi connectivity index (χ3n) is 4.78. The van der Waals surface area contributed by atoms with E-state index < -0.39 is 5.82 Å². The van der Waals surface area contributed by atoms with Crippen molar-refractivity contribution in [2.75, 3.05) is 24.3 Å². The third-order valence-corrected chi connectivity index (χ3v) is 5.00. The number of nitrogens with one attached hydrogen (secondary N) is 2. The van der Waals surface area contributed by atoms with Crippen molar-refractivity contribution < 1.29 is 9.18 Å². The van der Waals surface area contributed by atoms with Crippen LogP contribution in [-0.4, -0.2) is 42.1 Å². The standard InChI is InChI=1S/C20H25ClFN5O/c1-12-8-18(26-20(23-12)27(2)3)24-16-4-6-17(7-5-16)25-19(28)13-9-14(21)11-15(22)10-13/h8-11,16-17H,4-7H2,1-3H3,(H,25,28)(H,23,24,26)/t16-,17+. The maximum absolute atomic E-state index is 13.4. The van der Waals surface area contributed by atoms with Gasteiger partial charge in [0, 0.05) is 48.5 Å². The molecule has 1 heterocycles. The first-order valence-corrected chi connectivity index (χ1v) is 9.74. The molecule has 6 nitrogen and oxygen atoms in total. The maximum Gasteiger partial charge on any atom is 0.251 e. The second-order valence-electron chi connectivity index (χ2n) is 7.41. The van der Waals surface area contributed by atoms with Crippen molar-refractivity contribution in [1.29, 1.82) is 0 Å². The summed E-state index contributed by atoms with van der Waals surface area (Å²) in [5.74, 6) is 0.693. The predicted octanol–water partition coefficient (Wildman–Crippen LogP) is 3.80. The molecule has 0 radical (unpaired) electrons. The van der Waals surface area contributed by atoms with Crippen LogP contribution in [0.25, 0.3) is 0 Å². The van der Waals surface area contributed by atoms with Crippen LogP contribution in [0.5, 0.6) is 0 Å². The van der Waals surface area contributed by atoms with Crippen LogP contribution in [0.1, 0.15) is 41.7 Å². The highest BCUT2D eigenvalue weighted by Gasteiger charge is 2.23. The van der Waals surface area contributed by atoms with E-state index in [4.69, 9.17) is 11.6 Å². The summed E-state index contributed by atoms with van der Waals surface area (Å²) in [5, 5.41) is 6.68. The zero-order chi connectivity index (χ0) is 20.3. The molecule has 2 N–H and O–H groups in total. The number of aryl methyl sites for hydroxylation is 1. The van der Waals surface area contributed by atoms with Gasteiger partial charge in [0.05, 0.1) is 0 Å². The fourth-order valence-electron chi connectivity index (χ4n) is 3.37. The summed E-state index contributed by atoms with van der Waals surface area (Å²) in [7, 11) is 3.83. The first kappa shape index (κ1) is 20.3. The Labute approximate surface area is 169 Å². The average Bonchev–Trinajstić information content (AvgIpc) is 2.62. The summed E-state index contributed by atoms with van der Waals surface area (Å²) in [5.41, 5.74) is 1.16. The summed E-state index contributed by atoms with van der Waals surface area (Å²) < 4.78 is 13.4. The summed E-state index contributed by atoms with van der Waals surface area (Å²) >= 11 is 5.83. The zero-order valence-electron chi connectivity index (χ0n) is 16.3. The zero-order valence-corrected chi connectivity index (χ0v) is 17.1. The van der Waals surface area contributed by atoms with Crippen molar-refractivity contribution in [2.24, 2.45) is 0 Å². The molecule has 150 valence electrons. The van der Waals surface area contributed by atoms with Gasteiger partial charge in [-0.15, -0.1) is 0 Å². The molecule has 1 aliphatic rings. The van der Waals surface area contributed by atoms with E-state index in [-0.39, 0.29) is 22.5 Å². The highest BCUT2D eigenvalue weighted by atomic mass is 35.5. The van der Waals surface area contributed by atoms with Gasteiger partial charge in [-0.25, -0.2) is 9.37 Å². The van der Waals surface area contributed by atoms with Gasteiger partial charge in [-0.3, -0.25) is 4.79 Å². The second-order valence-corrected chi connectivity index (χ2v) is 7.85. The highest BCUT2D eigenvalue weighted by Crippen LogP contribution is 2.23. The van der Waals surface area contributed by atoms with Crippen LogP contribution in [0.3, 0.4) is 0 Å². The van der Waals surface area contributed by atoms with Crippen LogP contribution in [0, 0.1) is 12.7 Å². The Hall–Kier alpha value is -2.41. The lowest BCUT2D eigenvalue weighted by atomic mass is 9.91. The predicted molar refractivity (Wildman–Crippen MR) is 110 cm³/mol. The largest absolute Gasteiger partial charge is 0.367 e. The van der Waals surface area contributed by atoms with Crippen LogP contribution >= 0.6 is 11.6 Å². The smallest absolute Gasteiger partial charge is 0.251 e. The number of hydrogen-bond acceptors (Lipinski definition) is 5. The van der Waals surface area contributed by atoms with Gasteiger partial charge in [-0.2, -0.15) is 4.98 Å². The van der Waals surface area contributed by atoms with Gasteiger partial charge in [0.15, 0.2) is 0 Å². The van der Waals surface area contributed by atoms with Crippen molar-refractivity contribution in [3.05, 3.63) is 46.4 Å². The van der Waals surface area contributed by atoms with Gasteiger partial charge in [0.2, 0.25) is 5.95 Å². The van der Waals surface area contributed by atoms with Crippen molar-refractivity contribution >= 4 is 29.3 Å². The molecule has 8 heteroatoms. The number of anilines is 2. The van der Waals surface area contributed by atoms with E-state index in [0.717, 1.165) is 37.2 Å². The number of nitrogens with zero attached hydrogens (tertiary/aromatic N) is 3. The van der Waals surface area contributed by atoms with Crippen LogP contribution in [-0.2, 0) is 0 Å². The minimum absolute atomic E-state index is 0.0667. The fraction of sp³-hybridized carbons (Fsp3) is 0.450. The topological polar surface area (TPSA) is 70.2 Å². The molecule has 0 aliphatic heterocycles. The summed E-state index contributed by atoms with van der Waals surface area (Å²) in [6.45, 7) is 1.95. The van der Waals surface area contributed by atoms with Gasteiger partial charge in [0.1, 0.15) is 11.6 Å². The lowest BCUT2D eigenvalue weighted by Crippen LogP contribution is -2.40. The summed E-state index contributed by atoms with van der Waals surface area (Å²) in [4.78, 5) is 23.2. The van der Waals surface area contributed by atoms with Crippen molar-refractivity contribution in [3.63, 3.8) is 0 Å². The molecule has 1 fully saturated rings. The quantitative estimate of drug-likeness (QED) is 0.791. The molecule has 1 saturated carbocycles. The Bertz CT molecular complexity index is 832. The Morgan fingerprint density at radius 1 is 1.11 bits per heavy atom. The number of benzene rings is 1. The minimum Gasteiger partial charge on any atom is -0.367 e. The van der Waals surface area contributed by atoms with E-state index in [0.29, 0.717) is 12.0 Å². The lowest BCUT2D eigenvalue weighted by Gasteiger charge is -2.30. The number of hydrogen-bond donors (Lipinski definition) is 2. The monoisotopic (exact) mass is 405 g/mol. The van der Waals surface area contributed by atoms with Crippen LogP contribution in [0.15, 0.2) is 24.3 Å². The summed E-state index contributed by atoms with van der Waals surface area (Å²) in [6.07, 6.45) is 3.51. The van der Waals surface area contributed by atoms with Crippen molar-refractivity contribution in [3.8, 4) is 0 Å². The van der Waals surface area contributed by atoms with Crippen molar-refractivity contribution in [2.45, 2.75) is 44.7 Å². The third kappa shape index (κ3) is 5.32. The number of aromatic nitrogens is 2. The molecule has 0 bridgehead atoms. The van der Waals surface area contributed by atoms with E-state index in [1.54, 1.807) is 0 Å². The Morgan fingerprint density at radius 2 is 1.79 bits per heavy atom. The number of carbonyl (C=O) groups excluding carboxylic acids is 1. The van der Waals surface area contributed by atoms with Gasteiger partial charge in [-0.05, 0) is 50.8 Å². The van der Waals surface area contributed by atoms with E-state index in [9.17, 15) is 9.18 Å². The molecule has 2 aromatic rings. The van der Waals surface area contributed by atoms with Gasteiger partial charge < -0.3 is 15.5 Å². The Morgan fingerprint density at radius 3 is 2.43 bits per heavy atom.